The minimum atomic E-state index is -2.91. The third-order valence-corrected chi connectivity index (χ3v) is 7.43. The largest absolute Gasteiger partial charge is 0.372 e. The number of hydrogen-bond donors (Lipinski definition) is 2. The van der Waals surface area contributed by atoms with Crippen molar-refractivity contribution < 1.29 is 27.9 Å². The van der Waals surface area contributed by atoms with Gasteiger partial charge in [0, 0.05) is 36.1 Å². The number of carbonyl (C=O) groups excluding carboxylic acids is 2. The third kappa shape index (κ3) is 4.74. The molecule has 38 heavy (non-hydrogen) atoms. The highest BCUT2D eigenvalue weighted by Gasteiger charge is 2.51. The zero-order valence-electron chi connectivity index (χ0n) is 20.1. The number of amides is 2. The SMILES string of the molecule is O=C(N[C@H]1CC[C@H](CN2C(=O)C(O)(c3cncc(F)c3)c3ccccc32)CC1)c1cc(Cl)cnc1C(F)F. The zero-order chi connectivity index (χ0) is 27.0. The summed E-state index contributed by atoms with van der Waals surface area (Å²) in [6.07, 6.45) is 2.93. The van der Waals surface area contributed by atoms with Gasteiger partial charge in [0.2, 0.25) is 0 Å². The third-order valence-electron chi connectivity index (χ3n) is 7.22. The van der Waals surface area contributed by atoms with Gasteiger partial charge in [0.1, 0.15) is 11.5 Å². The van der Waals surface area contributed by atoms with Gasteiger partial charge in [-0.15, -0.1) is 0 Å². The fourth-order valence-corrected chi connectivity index (χ4v) is 5.48. The topological polar surface area (TPSA) is 95.4 Å². The van der Waals surface area contributed by atoms with Gasteiger partial charge in [0.05, 0.1) is 22.5 Å². The molecule has 1 fully saturated rings. The highest BCUT2D eigenvalue weighted by atomic mass is 35.5. The second kappa shape index (κ2) is 10.3. The number of rotatable bonds is 6. The molecule has 2 N–H and O–H groups in total. The summed E-state index contributed by atoms with van der Waals surface area (Å²) >= 11 is 5.86. The Kier molecular flexibility index (Phi) is 7.11. The molecule has 2 aliphatic rings. The predicted octanol–water partition coefficient (Wildman–Crippen LogP) is 4.78. The van der Waals surface area contributed by atoms with Gasteiger partial charge in [-0.1, -0.05) is 29.8 Å². The van der Waals surface area contributed by atoms with E-state index in [4.69, 9.17) is 11.6 Å². The van der Waals surface area contributed by atoms with E-state index < -0.39 is 35.4 Å². The number of fused-ring (bicyclic) bond motifs is 1. The number of para-hydroxylation sites is 1. The maximum absolute atomic E-state index is 13.9. The second-order valence-electron chi connectivity index (χ2n) is 9.61. The first-order chi connectivity index (χ1) is 18.2. The molecule has 0 spiro atoms. The van der Waals surface area contributed by atoms with E-state index >= 15 is 0 Å². The molecular formula is C27H24ClF3N4O3. The van der Waals surface area contributed by atoms with Gasteiger partial charge in [-0.2, -0.15) is 0 Å². The summed E-state index contributed by atoms with van der Waals surface area (Å²) in [5, 5.41) is 14.4. The summed E-state index contributed by atoms with van der Waals surface area (Å²) in [5.74, 6) is -1.82. The number of alkyl halides is 2. The van der Waals surface area contributed by atoms with Crippen LogP contribution in [0.4, 0.5) is 18.9 Å². The molecule has 0 radical (unpaired) electrons. The van der Waals surface area contributed by atoms with Crippen LogP contribution >= 0.6 is 11.6 Å². The standard InChI is InChI=1S/C27H24ClF3N4O3/c28-17-10-20(23(24(30)31)33-12-17)25(36)34-19-7-5-15(6-8-19)14-35-22-4-2-1-3-21(22)27(38,26(35)37)16-9-18(29)13-32-11-16/h1-4,9-13,15,19,24,38H,5-8,14H2,(H,34,36)/t15-,19-,27?. The van der Waals surface area contributed by atoms with Gasteiger partial charge in [0.25, 0.3) is 18.2 Å². The lowest BCUT2D eigenvalue weighted by molar-refractivity contribution is -0.132. The molecule has 2 aromatic heterocycles. The van der Waals surface area contributed by atoms with Crippen LogP contribution in [0.5, 0.6) is 0 Å². The normalized spacial score (nSPS) is 23.0. The van der Waals surface area contributed by atoms with Crippen molar-refractivity contribution >= 4 is 29.1 Å². The molecule has 1 aliphatic heterocycles. The van der Waals surface area contributed by atoms with Gasteiger partial charge >= 0.3 is 0 Å². The molecule has 3 heterocycles. The first kappa shape index (κ1) is 26.1. The number of hydrogen-bond acceptors (Lipinski definition) is 5. The van der Waals surface area contributed by atoms with Gasteiger partial charge in [-0.05, 0) is 49.8 Å². The summed E-state index contributed by atoms with van der Waals surface area (Å²) in [6, 6.07) is 8.90. The number of benzene rings is 1. The molecule has 1 aliphatic carbocycles. The van der Waals surface area contributed by atoms with Crippen molar-refractivity contribution in [1.82, 2.24) is 15.3 Å². The maximum atomic E-state index is 13.9. The molecule has 1 unspecified atom stereocenters. The molecular weight excluding hydrogens is 521 g/mol. The predicted molar refractivity (Wildman–Crippen MR) is 133 cm³/mol. The van der Waals surface area contributed by atoms with Gasteiger partial charge in [0.15, 0.2) is 5.60 Å². The van der Waals surface area contributed by atoms with E-state index in [0.29, 0.717) is 43.5 Å². The van der Waals surface area contributed by atoms with Crippen molar-refractivity contribution in [2.45, 2.75) is 43.8 Å². The number of anilines is 1. The fraction of sp³-hybridized carbons (Fsp3) is 0.333. The maximum Gasteiger partial charge on any atom is 0.281 e. The number of pyridine rings is 2. The number of nitrogens with zero attached hydrogens (tertiary/aromatic N) is 3. The van der Waals surface area contributed by atoms with E-state index in [1.165, 1.54) is 17.2 Å². The summed E-state index contributed by atoms with van der Waals surface area (Å²) in [4.78, 5) is 35.2. The summed E-state index contributed by atoms with van der Waals surface area (Å²) in [6.45, 7) is 0.329. The van der Waals surface area contributed by atoms with Crippen LogP contribution in [0.2, 0.25) is 5.02 Å². The monoisotopic (exact) mass is 544 g/mol. The Balaban J connectivity index is 1.27. The Bertz CT molecular complexity index is 1380. The highest BCUT2D eigenvalue weighted by Crippen LogP contribution is 2.45. The van der Waals surface area contributed by atoms with Crippen LogP contribution in [-0.4, -0.2) is 39.5 Å². The molecule has 198 valence electrons. The second-order valence-corrected chi connectivity index (χ2v) is 10.0. The van der Waals surface area contributed by atoms with E-state index in [-0.39, 0.29) is 28.1 Å². The Morgan fingerprint density at radius 3 is 2.61 bits per heavy atom. The van der Waals surface area contributed by atoms with Crippen molar-refractivity contribution in [2.75, 3.05) is 11.4 Å². The van der Waals surface area contributed by atoms with Crippen LogP contribution in [-0.2, 0) is 10.4 Å². The molecule has 5 rings (SSSR count). The minimum absolute atomic E-state index is 0.0579. The average Bonchev–Trinajstić information content (AvgIpc) is 3.12. The average molecular weight is 545 g/mol. The number of aliphatic hydroxyl groups is 1. The highest BCUT2D eigenvalue weighted by molar-refractivity contribution is 6.30. The minimum Gasteiger partial charge on any atom is -0.372 e. The molecule has 0 bridgehead atoms. The van der Waals surface area contributed by atoms with Crippen molar-refractivity contribution in [2.24, 2.45) is 5.92 Å². The van der Waals surface area contributed by atoms with Crippen LogP contribution in [0.3, 0.4) is 0 Å². The molecule has 1 aromatic carbocycles. The molecule has 1 atom stereocenters. The number of carbonyl (C=O) groups is 2. The van der Waals surface area contributed by atoms with E-state index in [0.717, 1.165) is 18.5 Å². The van der Waals surface area contributed by atoms with Gasteiger partial charge < -0.3 is 15.3 Å². The van der Waals surface area contributed by atoms with E-state index in [9.17, 15) is 27.9 Å². The van der Waals surface area contributed by atoms with E-state index in [1.807, 2.05) is 0 Å². The smallest absolute Gasteiger partial charge is 0.281 e. The quantitative estimate of drug-likeness (QED) is 0.466. The van der Waals surface area contributed by atoms with E-state index in [2.05, 4.69) is 15.3 Å². The first-order valence-corrected chi connectivity index (χ1v) is 12.6. The summed E-state index contributed by atoms with van der Waals surface area (Å²) in [7, 11) is 0. The Morgan fingerprint density at radius 1 is 1.16 bits per heavy atom. The van der Waals surface area contributed by atoms with Crippen LogP contribution in [0.15, 0.2) is 55.0 Å². The lowest BCUT2D eigenvalue weighted by Gasteiger charge is -2.32. The lowest BCUT2D eigenvalue weighted by atomic mass is 9.85. The Morgan fingerprint density at radius 2 is 1.89 bits per heavy atom. The Hall–Kier alpha value is -3.50. The fourth-order valence-electron chi connectivity index (χ4n) is 5.32. The van der Waals surface area contributed by atoms with Crippen LogP contribution in [0.1, 0.15) is 59.3 Å². The van der Waals surface area contributed by atoms with Crippen molar-refractivity contribution in [3.63, 3.8) is 0 Å². The molecule has 3 aromatic rings. The lowest BCUT2D eigenvalue weighted by Crippen LogP contribution is -2.44. The number of aromatic nitrogens is 2. The molecule has 11 heteroatoms. The molecule has 2 amide bonds. The molecule has 0 saturated heterocycles. The first-order valence-electron chi connectivity index (χ1n) is 12.2. The van der Waals surface area contributed by atoms with Crippen molar-refractivity contribution in [1.29, 1.82) is 0 Å². The van der Waals surface area contributed by atoms with E-state index in [1.54, 1.807) is 24.3 Å². The number of halogens is 4. The van der Waals surface area contributed by atoms with Gasteiger partial charge in [-0.25, -0.2) is 13.2 Å². The summed E-state index contributed by atoms with van der Waals surface area (Å²) in [5.41, 5.74) is -1.95. The Labute approximate surface area is 221 Å². The van der Waals surface area contributed by atoms with Crippen LogP contribution in [0, 0.1) is 11.7 Å². The zero-order valence-corrected chi connectivity index (χ0v) is 20.8. The molecule has 7 nitrogen and oxygen atoms in total. The molecule has 1 saturated carbocycles. The van der Waals surface area contributed by atoms with Crippen LogP contribution < -0.4 is 10.2 Å². The van der Waals surface area contributed by atoms with Crippen LogP contribution in [0.25, 0.3) is 0 Å². The van der Waals surface area contributed by atoms with Gasteiger partial charge in [-0.3, -0.25) is 19.6 Å². The van der Waals surface area contributed by atoms with Crippen molar-refractivity contribution in [3.8, 4) is 0 Å². The summed E-state index contributed by atoms with van der Waals surface area (Å²) < 4.78 is 40.5. The van der Waals surface area contributed by atoms with Crippen molar-refractivity contribution in [3.05, 3.63) is 88.2 Å². The number of nitrogens with one attached hydrogen (secondary N) is 1.